The molecule has 27 heavy (non-hydrogen) atoms. The molecule has 5 nitrogen and oxygen atoms in total. The van der Waals surface area contributed by atoms with Crippen molar-refractivity contribution in [3.63, 3.8) is 0 Å². The van der Waals surface area contributed by atoms with Gasteiger partial charge in [-0.05, 0) is 63.1 Å². The van der Waals surface area contributed by atoms with Crippen LogP contribution in [0.4, 0.5) is 0 Å². The second-order valence-electron chi connectivity index (χ2n) is 8.08. The molecule has 2 aliphatic heterocycles. The van der Waals surface area contributed by atoms with Crippen molar-refractivity contribution in [2.45, 2.75) is 45.1 Å². The number of likely N-dealkylation sites (tertiary alicyclic amines) is 2. The van der Waals surface area contributed by atoms with Gasteiger partial charge in [0, 0.05) is 31.4 Å². The van der Waals surface area contributed by atoms with Crippen LogP contribution in [0, 0.1) is 12.8 Å². The van der Waals surface area contributed by atoms with Crippen LogP contribution in [0.25, 0.3) is 0 Å². The Kier molecular flexibility index (Phi) is 5.58. The van der Waals surface area contributed by atoms with Crippen molar-refractivity contribution in [1.82, 2.24) is 20.0 Å². The minimum absolute atomic E-state index is 0.103. The number of aryl methyl sites for hydroxylation is 2. The lowest BCUT2D eigenvalue weighted by molar-refractivity contribution is 0.0196. The Morgan fingerprint density at radius 2 is 2.07 bits per heavy atom. The van der Waals surface area contributed by atoms with Gasteiger partial charge >= 0.3 is 0 Å². The number of fused-ring (bicyclic) bond motifs is 1. The number of hydrogen-bond acceptors (Lipinski definition) is 3. The van der Waals surface area contributed by atoms with Gasteiger partial charge in [0.05, 0.1) is 0 Å². The van der Waals surface area contributed by atoms with E-state index in [9.17, 15) is 4.79 Å². The van der Waals surface area contributed by atoms with Crippen LogP contribution >= 0.6 is 0 Å². The molecule has 0 bridgehead atoms. The van der Waals surface area contributed by atoms with Crippen LogP contribution in [0.2, 0.25) is 0 Å². The largest absolute Gasteiger partial charge is 0.334 e. The topological polar surface area (TPSA) is 52.2 Å². The minimum Gasteiger partial charge on any atom is -0.334 e. The Bertz CT molecular complexity index is 757. The Morgan fingerprint density at radius 1 is 1.22 bits per heavy atom. The Hall–Kier alpha value is -2.14. The average molecular weight is 367 g/mol. The van der Waals surface area contributed by atoms with E-state index in [0.717, 1.165) is 51.1 Å². The van der Waals surface area contributed by atoms with Gasteiger partial charge in [0.15, 0.2) is 0 Å². The van der Waals surface area contributed by atoms with Crippen molar-refractivity contribution in [2.75, 3.05) is 26.2 Å². The number of aromatic nitrogens is 2. The van der Waals surface area contributed by atoms with Crippen molar-refractivity contribution in [3.8, 4) is 0 Å². The van der Waals surface area contributed by atoms with Crippen LogP contribution in [0.3, 0.4) is 0 Å². The van der Waals surface area contributed by atoms with Gasteiger partial charge < -0.3 is 9.80 Å². The highest BCUT2D eigenvalue weighted by Gasteiger charge is 2.38. The predicted molar refractivity (Wildman–Crippen MR) is 107 cm³/mol. The van der Waals surface area contributed by atoms with Gasteiger partial charge in [-0.15, -0.1) is 0 Å². The summed E-state index contributed by atoms with van der Waals surface area (Å²) in [5.74, 6) is 0.708. The van der Waals surface area contributed by atoms with Crippen LogP contribution in [0.5, 0.6) is 0 Å². The van der Waals surface area contributed by atoms with Crippen LogP contribution in [-0.2, 0) is 6.42 Å². The maximum absolute atomic E-state index is 12.9. The summed E-state index contributed by atoms with van der Waals surface area (Å²) in [7, 11) is 0. The number of carbonyl (C=O) groups excluding carboxylic acids is 1. The molecule has 0 radical (unpaired) electrons. The summed E-state index contributed by atoms with van der Waals surface area (Å²) in [4.78, 5) is 17.6. The molecule has 0 spiro atoms. The summed E-state index contributed by atoms with van der Waals surface area (Å²) >= 11 is 0. The van der Waals surface area contributed by atoms with Crippen LogP contribution < -0.4 is 0 Å². The van der Waals surface area contributed by atoms with E-state index in [0.29, 0.717) is 17.7 Å². The number of piperidine rings is 2. The number of amides is 1. The van der Waals surface area contributed by atoms with Gasteiger partial charge in [0.25, 0.3) is 5.91 Å². The lowest BCUT2D eigenvalue weighted by atomic mass is 9.83. The molecule has 0 saturated carbocycles. The van der Waals surface area contributed by atoms with E-state index < -0.39 is 0 Å². The SMILES string of the molecule is Cc1cc(C(=O)N2CCC[C@@H]3CN(CCCc4ccccc4)CC[C@@H]32)n[nH]1. The van der Waals surface area contributed by atoms with Crippen LogP contribution in [0.1, 0.15) is 47.4 Å². The smallest absolute Gasteiger partial charge is 0.274 e. The molecule has 2 saturated heterocycles. The van der Waals surface area contributed by atoms with Crippen molar-refractivity contribution < 1.29 is 4.79 Å². The molecule has 1 aromatic heterocycles. The summed E-state index contributed by atoms with van der Waals surface area (Å²) in [6.07, 6.45) is 5.79. The maximum atomic E-state index is 12.9. The quantitative estimate of drug-likeness (QED) is 0.883. The van der Waals surface area contributed by atoms with E-state index in [1.54, 1.807) is 0 Å². The average Bonchev–Trinajstić information content (AvgIpc) is 3.14. The van der Waals surface area contributed by atoms with Crippen molar-refractivity contribution in [1.29, 1.82) is 0 Å². The third-order valence-corrected chi connectivity index (χ3v) is 6.12. The third-order valence-electron chi connectivity index (χ3n) is 6.12. The number of H-pyrrole nitrogens is 1. The summed E-state index contributed by atoms with van der Waals surface area (Å²) < 4.78 is 0. The number of carbonyl (C=O) groups is 1. The summed E-state index contributed by atoms with van der Waals surface area (Å²) in [5, 5.41) is 7.08. The summed E-state index contributed by atoms with van der Waals surface area (Å²) in [5.41, 5.74) is 2.94. The van der Waals surface area contributed by atoms with E-state index in [4.69, 9.17) is 0 Å². The van der Waals surface area contributed by atoms with Crippen molar-refractivity contribution in [3.05, 3.63) is 53.3 Å². The fourth-order valence-corrected chi connectivity index (χ4v) is 4.76. The zero-order valence-electron chi connectivity index (χ0n) is 16.2. The van der Waals surface area contributed by atoms with Crippen molar-refractivity contribution in [2.24, 2.45) is 5.92 Å². The monoisotopic (exact) mass is 366 g/mol. The number of benzene rings is 1. The van der Waals surface area contributed by atoms with E-state index in [1.165, 1.54) is 18.4 Å². The molecular formula is C22H30N4O. The molecule has 2 aliphatic rings. The summed E-state index contributed by atoms with van der Waals surface area (Å²) in [6, 6.07) is 13.0. The van der Waals surface area contributed by atoms with E-state index in [-0.39, 0.29) is 5.91 Å². The standard InChI is InChI=1S/C22H30N4O/c1-17-15-20(24-23-17)22(27)26-13-6-10-19-16-25(14-11-21(19)26)12-5-9-18-7-3-2-4-8-18/h2-4,7-8,15,19,21H,5-6,9-14,16H2,1H3,(H,23,24)/t19-,21+/m1/s1. The van der Waals surface area contributed by atoms with Gasteiger partial charge in [0.2, 0.25) is 0 Å². The van der Waals surface area contributed by atoms with E-state index in [2.05, 4.69) is 50.3 Å². The molecule has 1 amide bonds. The molecule has 2 fully saturated rings. The molecule has 4 rings (SSSR count). The molecule has 2 atom stereocenters. The number of nitrogens with one attached hydrogen (secondary N) is 1. The zero-order chi connectivity index (χ0) is 18.6. The number of nitrogens with zero attached hydrogens (tertiary/aromatic N) is 3. The molecule has 1 aromatic carbocycles. The van der Waals surface area contributed by atoms with Gasteiger partial charge in [-0.2, -0.15) is 5.10 Å². The molecule has 144 valence electrons. The first-order valence-corrected chi connectivity index (χ1v) is 10.3. The van der Waals surface area contributed by atoms with Crippen LogP contribution in [0.15, 0.2) is 36.4 Å². The van der Waals surface area contributed by atoms with Gasteiger partial charge in [0.1, 0.15) is 5.69 Å². The fourth-order valence-electron chi connectivity index (χ4n) is 4.76. The third kappa shape index (κ3) is 4.24. The molecule has 1 N–H and O–H groups in total. The second kappa shape index (κ2) is 8.26. The Labute approximate surface area is 161 Å². The van der Waals surface area contributed by atoms with Gasteiger partial charge in [-0.3, -0.25) is 9.89 Å². The predicted octanol–water partition coefficient (Wildman–Crippen LogP) is 3.28. The van der Waals surface area contributed by atoms with E-state index >= 15 is 0 Å². The Morgan fingerprint density at radius 3 is 2.85 bits per heavy atom. The zero-order valence-corrected chi connectivity index (χ0v) is 16.2. The highest BCUT2D eigenvalue weighted by molar-refractivity contribution is 5.92. The molecule has 3 heterocycles. The number of rotatable bonds is 5. The van der Waals surface area contributed by atoms with Gasteiger partial charge in [-0.1, -0.05) is 30.3 Å². The van der Waals surface area contributed by atoms with Crippen molar-refractivity contribution >= 4 is 5.91 Å². The first kappa shape index (κ1) is 18.2. The first-order valence-electron chi connectivity index (χ1n) is 10.3. The lowest BCUT2D eigenvalue weighted by Gasteiger charge is -2.47. The summed E-state index contributed by atoms with van der Waals surface area (Å²) in [6.45, 7) is 6.20. The number of hydrogen-bond donors (Lipinski definition) is 1. The highest BCUT2D eigenvalue weighted by atomic mass is 16.2. The number of aromatic amines is 1. The first-order chi connectivity index (χ1) is 13.2. The van der Waals surface area contributed by atoms with Crippen LogP contribution in [-0.4, -0.2) is 58.1 Å². The maximum Gasteiger partial charge on any atom is 0.274 e. The molecule has 5 heteroatoms. The Balaban J connectivity index is 1.31. The van der Waals surface area contributed by atoms with E-state index in [1.807, 2.05) is 13.0 Å². The minimum atomic E-state index is 0.103. The normalized spacial score (nSPS) is 23.2. The fraction of sp³-hybridized carbons (Fsp3) is 0.545. The molecule has 2 aromatic rings. The van der Waals surface area contributed by atoms with Gasteiger partial charge in [-0.25, -0.2) is 0 Å². The second-order valence-corrected chi connectivity index (χ2v) is 8.08. The molecule has 0 unspecified atom stereocenters. The molecule has 0 aliphatic carbocycles. The lowest BCUT2D eigenvalue weighted by Crippen LogP contribution is -2.55. The molecular weight excluding hydrogens is 336 g/mol. The highest BCUT2D eigenvalue weighted by Crippen LogP contribution is 2.31.